The Morgan fingerprint density at radius 2 is 2.00 bits per heavy atom. The second-order valence-corrected chi connectivity index (χ2v) is 7.99. The smallest absolute Gasteiger partial charge is 0.160 e. The molecule has 1 spiro atoms. The molecule has 23 heavy (non-hydrogen) atoms. The van der Waals surface area contributed by atoms with E-state index >= 15 is 0 Å². The molecule has 1 saturated carbocycles. The summed E-state index contributed by atoms with van der Waals surface area (Å²) in [6.45, 7) is 9.99. The summed E-state index contributed by atoms with van der Waals surface area (Å²) < 4.78 is 2.31. The van der Waals surface area contributed by atoms with Gasteiger partial charge in [-0.2, -0.15) is 0 Å². The topological polar surface area (TPSA) is 37.2 Å². The van der Waals surface area contributed by atoms with Gasteiger partial charge in [-0.15, -0.1) is 0 Å². The molecule has 1 saturated heterocycles. The van der Waals surface area contributed by atoms with E-state index < -0.39 is 0 Å². The minimum absolute atomic E-state index is 0.576. The molecule has 3 aliphatic rings. The Hall–Kier alpha value is -1.62. The van der Waals surface area contributed by atoms with E-state index in [1.807, 2.05) is 0 Å². The van der Waals surface area contributed by atoms with E-state index in [1.165, 1.54) is 43.9 Å². The number of imidazole rings is 1. The highest BCUT2D eigenvalue weighted by Gasteiger charge is 2.47. The van der Waals surface area contributed by atoms with Crippen LogP contribution in [-0.2, 0) is 13.1 Å². The van der Waals surface area contributed by atoms with Crippen LogP contribution in [0.15, 0.2) is 12.3 Å². The quantitative estimate of drug-likeness (QED) is 0.854. The monoisotopic (exact) mass is 311 g/mol. The summed E-state index contributed by atoms with van der Waals surface area (Å²) in [6, 6.07) is 2.82. The molecule has 4 heterocycles. The maximum absolute atomic E-state index is 4.89. The second-order valence-electron chi connectivity index (χ2n) is 7.99. The van der Waals surface area contributed by atoms with E-state index in [2.05, 4.69) is 40.5 Å². The average molecular weight is 311 g/mol. The van der Waals surface area contributed by atoms with E-state index in [0.29, 0.717) is 11.5 Å². The van der Waals surface area contributed by atoms with Gasteiger partial charge in [-0.1, -0.05) is 6.42 Å². The van der Waals surface area contributed by atoms with Crippen molar-refractivity contribution >= 4 is 16.9 Å². The predicted molar refractivity (Wildman–Crippen MR) is 91.6 cm³/mol. The molecule has 2 fully saturated rings. The first kappa shape index (κ1) is 13.8. The van der Waals surface area contributed by atoms with Gasteiger partial charge in [-0.3, -0.25) is 4.90 Å². The maximum Gasteiger partial charge on any atom is 0.160 e. The fraction of sp³-hybridized carbons (Fsp3) is 0.667. The Morgan fingerprint density at radius 1 is 1.17 bits per heavy atom. The highest BCUT2D eigenvalue weighted by atomic mass is 15.3. The summed E-state index contributed by atoms with van der Waals surface area (Å²) in [6.07, 6.45) is 6.31. The molecule has 0 N–H and O–H groups in total. The molecule has 0 aromatic carbocycles. The number of fused-ring (bicyclic) bond motifs is 3. The van der Waals surface area contributed by atoms with Crippen molar-refractivity contribution in [1.29, 1.82) is 0 Å². The fourth-order valence-electron chi connectivity index (χ4n) is 4.44. The Bertz CT molecular complexity index is 750. The molecule has 0 radical (unpaired) electrons. The Kier molecular flexibility index (Phi) is 2.81. The number of hydrogen-bond acceptors (Lipinski definition) is 4. The average Bonchev–Trinajstić information content (AvgIpc) is 2.80. The van der Waals surface area contributed by atoms with Gasteiger partial charge in [0.2, 0.25) is 0 Å². The lowest BCUT2D eigenvalue weighted by Gasteiger charge is -2.56. The summed E-state index contributed by atoms with van der Waals surface area (Å²) >= 11 is 0. The van der Waals surface area contributed by atoms with Crippen LogP contribution in [-0.4, -0.2) is 45.1 Å². The van der Waals surface area contributed by atoms with Gasteiger partial charge in [0.1, 0.15) is 11.3 Å². The summed E-state index contributed by atoms with van der Waals surface area (Å²) in [7, 11) is 0. The van der Waals surface area contributed by atoms with Crippen LogP contribution in [0.2, 0.25) is 0 Å². The number of hydrogen-bond donors (Lipinski definition) is 0. The van der Waals surface area contributed by atoms with Gasteiger partial charge in [0.25, 0.3) is 0 Å². The van der Waals surface area contributed by atoms with Crippen molar-refractivity contribution in [1.82, 2.24) is 19.4 Å². The van der Waals surface area contributed by atoms with Crippen molar-refractivity contribution in [3.05, 3.63) is 18.1 Å². The molecule has 122 valence electrons. The molecule has 0 amide bonds. The molecule has 0 bridgehead atoms. The molecule has 5 heteroatoms. The molecule has 1 aliphatic carbocycles. The zero-order valence-electron chi connectivity index (χ0n) is 14.1. The van der Waals surface area contributed by atoms with E-state index in [-0.39, 0.29) is 0 Å². The number of anilines is 1. The minimum Gasteiger partial charge on any atom is -0.369 e. The Labute approximate surface area is 137 Å². The summed E-state index contributed by atoms with van der Waals surface area (Å²) in [5.41, 5.74) is 4.04. The van der Waals surface area contributed by atoms with Crippen molar-refractivity contribution in [2.24, 2.45) is 5.41 Å². The first-order valence-corrected chi connectivity index (χ1v) is 8.98. The molecule has 2 aromatic heterocycles. The van der Waals surface area contributed by atoms with Crippen LogP contribution in [0.25, 0.3) is 11.2 Å². The minimum atomic E-state index is 0.576. The van der Waals surface area contributed by atoms with Crippen LogP contribution in [0.3, 0.4) is 0 Å². The van der Waals surface area contributed by atoms with Crippen LogP contribution >= 0.6 is 0 Å². The predicted octanol–water partition coefficient (Wildman–Crippen LogP) is 2.65. The molecular weight excluding hydrogens is 286 g/mol. The number of rotatable bonds is 2. The van der Waals surface area contributed by atoms with Crippen molar-refractivity contribution in [3.8, 4) is 0 Å². The lowest BCUT2D eigenvalue weighted by atomic mass is 9.63. The van der Waals surface area contributed by atoms with E-state index in [1.54, 1.807) is 0 Å². The van der Waals surface area contributed by atoms with Gasteiger partial charge in [-0.05, 0) is 32.8 Å². The number of nitrogens with zero attached hydrogens (tertiary/aromatic N) is 5. The van der Waals surface area contributed by atoms with Crippen molar-refractivity contribution in [2.75, 3.05) is 24.5 Å². The van der Waals surface area contributed by atoms with Gasteiger partial charge in [0.05, 0.1) is 18.4 Å². The molecule has 5 nitrogen and oxygen atoms in total. The lowest BCUT2D eigenvalue weighted by molar-refractivity contribution is 0.0904. The third-order valence-electron chi connectivity index (χ3n) is 6.17. The van der Waals surface area contributed by atoms with Gasteiger partial charge >= 0.3 is 0 Å². The third kappa shape index (κ3) is 2.02. The highest BCUT2D eigenvalue weighted by Crippen LogP contribution is 2.49. The highest BCUT2D eigenvalue weighted by molar-refractivity contribution is 5.76. The van der Waals surface area contributed by atoms with Crippen LogP contribution < -0.4 is 4.90 Å². The standard InChI is InChI=1S/C18H25N5/c1-13(2)21-6-7-23-16(10-21)20-15-8-14(9-19-17(15)23)22-11-18(12-22)4-3-5-18/h8-9,13H,3-7,10-12H2,1-2H3. The van der Waals surface area contributed by atoms with E-state index in [4.69, 9.17) is 9.97 Å². The molecule has 5 rings (SSSR count). The fourth-order valence-corrected chi connectivity index (χ4v) is 4.44. The maximum atomic E-state index is 4.89. The van der Waals surface area contributed by atoms with Crippen molar-refractivity contribution < 1.29 is 0 Å². The first-order valence-electron chi connectivity index (χ1n) is 8.98. The Balaban J connectivity index is 1.43. The van der Waals surface area contributed by atoms with E-state index in [0.717, 1.165) is 30.8 Å². The molecule has 2 aliphatic heterocycles. The second kappa shape index (κ2) is 4.69. The summed E-state index contributed by atoms with van der Waals surface area (Å²) in [4.78, 5) is 14.6. The van der Waals surface area contributed by atoms with Crippen molar-refractivity contribution in [3.63, 3.8) is 0 Å². The number of aromatic nitrogens is 3. The van der Waals surface area contributed by atoms with Gasteiger partial charge in [-0.25, -0.2) is 9.97 Å². The number of pyridine rings is 1. The molecule has 0 atom stereocenters. The zero-order chi connectivity index (χ0) is 15.6. The van der Waals surface area contributed by atoms with Crippen molar-refractivity contribution in [2.45, 2.75) is 52.2 Å². The zero-order valence-corrected chi connectivity index (χ0v) is 14.1. The molecule has 0 unspecified atom stereocenters. The SMILES string of the molecule is CC(C)N1CCn2c(nc3cc(N4CC5(CCC5)C4)cnc32)C1. The lowest BCUT2D eigenvalue weighted by Crippen LogP contribution is -2.59. The first-order chi connectivity index (χ1) is 11.1. The van der Waals surface area contributed by atoms with Gasteiger partial charge < -0.3 is 9.47 Å². The van der Waals surface area contributed by atoms with E-state index in [9.17, 15) is 0 Å². The largest absolute Gasteiger partial charge is 0.369 e. The third-order valence-corrected chi connectivity index (χ3v) is 6.17. The molecular formula is C18H25N5. The van der Waals surface area contributed by atoms with Crippen LogP contribution in [0.5, 0.6) is 0 Å². The normalized spacial score (nSPS) is 23.2. The molecule has 2 aromatic rings. The van der Waals surface area contributed by atoms with Crippen LogP contribution in [0, 0.1) is 5.41 Å². The summed E-state index contributed by atoms with van der Waals surface area (Å²) in [5.74, 6) is 1.17. The van der Waals surface area contributed by atoms with Gasteiger partial charge in [0.15, 0.2) is 5.65 Å². The van der Waals surface area contributed by atoms with Crippen LogP contribution in [0.1, 0.15) is 38.9 Å². The summed E-state index contributed by atoms with van der Waals surface area (Å²) in [5, 5.41) is 0. The van der Waals surface area contributed by atoms with Gasteiger partial charge in [0, 0.05) is 37.6 Å². The van der Waals surface area contributed by atoms with Crippen LogP contribution in [0.4, 0.5) is 5.69 Å². The Morgan fingerprint density at radius 3 is 2.70 bits per heavy atom.